The lowest BCUT2D eigenvalue weighted by atomic mass is 9.97. The Labute approximate surface area is 171 Å². The zero-order chi connectivity index (χ0) is 20.3. The number of carbonyl (C=O) groups excluding carboxylic acids is 1. The highest BCUT2D eigenvalue weighted by molar-refractivity contribution is 6.34. The zero-order valence-corrected chi connectivity index (χ0v) is 18.0. The Morgan fingerprint density at radius 2 is 2.14 bits per heavy atom. The smallest absolute Gasteiger partial charge is 0.410 e. The molecule has 154 valence electrons. The van der Waals surface area contributed by atoms with Crippen LogP contribution in [0.3, 0.4) is 0 Å². The standard InChI is InChI=1S/C21H30ClN3O3/c1-21(2,3)28-20(26)24-11-6-8-15(14-24)19-23-18-16(22)9-5-10-17(18)25(19)12-7-13-27-4/h5,9-10,15H,6-8,11-14H2,1-4H3/t15-/m1/s1. The van der Waals surface area contributed by atoms with Gasteiger partial charge in [-0.3, -0.25) is 0 Å². The number of piperidine rings is 1. The highest BCUT2D eigenvalue weighted by Gasteiger charge is 2.31. The minimum Gasteiger partial charge on any atom is -0.444 e. The highest BCUT2D eigenvalue weighted by atomic mass is 35.5. The molecule has 1 atom stereocenters. The van der Waals surface area contributed by atoms with Gasteiger partial charge in [-0.1, -0.05) is 17.7 Å². The number of aryl methyl sites for hydroxylation is 1. The van der Waals surface area contributed by atoms with Gasteiger partial charge in [-0.2, -0.15) is 0 Å². The third-order valence-corrected chi connectivity index (χ3v) is 5.23. The first-order valence-electron chi connectivity index (χ1n) is 9.91. The van der Waals surface area contributed by atoms with Crippen molar-refractivity contribution in [3.63, 3.8) is 0 Å². The SMILES string of the molecule is COCCCn1c([C@@H]2CCCN(C(=O)OC(C)(C)C)C2)nc2c(Cl)cccc21. The number of imidazole rings is 1. The van der Waals surface area contributed by atoms with Crippen molar-refractivity contribution in [2.45, 2.75) is 58.1 Å². The molecule has 0 N–H and O–H groups in total. The maximum absolute atomic E-state index is 12.6. The first kappa shape index (κ1) is 20.9. The second-order valence-corrected chi connectivity index (χ2v) is 8.75. The first-order valence-corrected chi connectivity index (χ1v) is 10.3. The van der Waals surface area contributed by atoms with Crippen molar-refractivity contribution < 1.29 is 14.3 Å². The van der Waals surface area contributed by atoms with Crippen LogP contribution in [0.15, 0.2) is 18.2 Å². The van der Waals surface area contributed by atoms with Crippen molar-refractivity contribution in [3.05, 3.63) is 29.0 Å². The van der Waals surface area contributed by atoms with Gasteiger partial charge in [-0.25, -0.2) is 9.78 Å². The molecule has 1 aromatic heterocycles. The number of likely N-dealkylation sites (tertiary alicyclic amines) is 1. The van der Waals surface area contributed by atoms with E-state index >= 15 is 0 Å². The van der Waals surface area contributed by atoms with Gasteiger partial charge in [0.1, 0.15) is 16.9 Å². The number of amides is 1. The predicted molar refractivity (Wildman–Crippen MR) is 111 cm³/mol. The average molecular weight is 408 g/mol. The van der Waals surface area contributed by atoms with E-state index in [2.05, 4.69) is 10.6 Å². The third kappa shape index (κ3) is 4.78. The summed E-state index contributed by atoms with van der Waals surface area (Å²) in [6.07, 6.45) is 2.56. The molecule has 0 radical (unpaired) electrons. The molecule has 3 rings (SSSR count). The van der Waals surface area contributed by atoms with Crippen LogP contribution in [0.5, 0.6) is 0 Å². The molecule has 2 heterocycles. The van der Waals surface area contributed by atoms with E-state index in [1.54, 1.807) is 12.0 Å². The van der Waals surface area contributed by atoms with Crippen LogP contribution in [0.4, 0.5) is 4.79 Å². The van der Waals surface area contributed by atoms with E-state index in [4.69, 9.17) is 26.1 Å². The number of rotatable bonds is 5. The molecule has 7 heteroatoms. The van der Waals surface area contributed by atoms with Gasteiger partial charge >= 0.3 is 6.09 Å². The minimum atomic E-state index is -0.495. The normalized spacial score (nSPS) is 17.9. The van der Waals surface area contributed by atoms with Crippen LogP contribution >= 0.6 is 11.6 Å². The topological polar surface area (TPSA) is 56.6 Å². The Balaban J connectivity index is 1.88. The van der Waals surface area contributed by atoms with Crippen LogP contribution in [0, 0.1) is 0 Å². The Bertz CT molecular complexity index is 828. The van der Waals surface area contributed by atoms with Gasteiger partial charge in [0.05, 0.1) is 10.5 Å². The Morgan fingerprint density at radius 1 is 1.36 bits per heavy atom. The first-order chi connectivity index (χ1) is 13.3. The van der Waals surface area contributed by atoms with Gasteiger partial charge in [0.25, 0.3) is 0 Å². The number of aromatic nitrogens is 2. The monoisotopic (exact) mass is 407 g/mol. The molecule has 1 amide bonds. The fourth-order valence-corrected chi connectivity index (χ4v) is 3.94. The molecule has 0 bridgehead atoms. The van der Waals surface area contributed by atoms with E-state index in [0.29, 0.717) is 18.2 Å². The number of fused-ring (bicyclic) bond motifs is 1. The number of halogens is 1. The summed E-state index contributed by atoms with van der Waals surface area (Å²) in [4.78, 5) is 19.3. The van der Waals surface area contributed by atoms with E-state index in [1.807, 2.05) is 32.9 Å². The van der Waals surface area contributed by atoms with E-state index in [9.17, 15) is 4.79 Å². The number of carbonyl (C=O) groups is 1. The van der Waals surface area contributed by atoms with E-state index in [1.165, 1.54) is 0 Å². The van der Waals surface area contributed by atoms with Crippen LogP contribution in [0.25, 0.3) is 11.0 Å². The summed E-state index contributed by atoms with van der Waals surface area (Å²) in [5.74, 6) is 1.15. The van der Waals surface area contributed by atoms with Gasteiger partial charge in [0, 0.05) is 39.3 Å². The van der Waals surface area contributed by atoms with Crippen LogP contribution in [-0.4, -0.2) is 53.0 Å². The summed E-state index contributed by atoms with van der Waals surface area (Å²) in [5, 5.41) is 0.657. The summed E-state index contributed by atoms with van der Waals surface area (Å²) in [5.41, 5.74) is 1.36. The molecule has 0 saturated carbocycles. The average Bonchev–Trinajstić information content (AvgIpc) is 3.01. The fourth-order valence-electron chi connectivity index (χ4n) is 3.72. The number of ether oxygens (including phenoxy) is 2. The maximum atomic E-state index is 12.6. The molecule has 0 spiro atoms. The quantitative estimate of drug-likeness (QED) is 0.665. The number of methoxy groups -OCH3 is 1. The van der Waals surface area contributed by atoms with Gasteiger partial charge in [0.2, 0.25) is 0 Å². The van der Waals surface area contributed by atoms with Crippen LogP contribution in [0.2, 0.25) is 5.02 Å². The molecule has 1 aliphatic rings. The van der Waals surface area contributed by atoms with Crippen LogP contribution in [0.1, 0.15) is 51.8 Å². The Hall–Kier alpha value is -1.79. The van der Waals surface area contributed by atoms with Crippen molar-refractivity contribution in [2.75, 3.05) is 26.8 Å². The van der Waals surface area contributed by atoms with Crippen molar-refractivity contribution in [3.8, 4) is 0 Å². The van der Waals surface area contributed by atoms with E-state index < -0.39 is 5.60 Å². The van der Waals surface area contributed by atoms with Crippen LogP contribution < -0.4 is 0 Å². The minimum absolute atomic E-state index is 0.160. The highest BCUT2D eigenvalue weighted by Crippen LogP contribution is 2.32. The van der Waals surface area contributed by atoms with Gasteiger partial charge in [0.15, 0.2) is 0 Å². The second-order valence-electron chi connectivity index (χ2n) is 8.34. The number of benzene rings is 1. The lowest BCUT2D eigenvalue weighted by Gasteiger charge is -2.34. The fraction of sp³-hybridized carbons (Fsp3) is 0.619. The van der Waals surface area contributed by atoms with Crippen molar-refractivity contribution in [2.24, 2.45) is 0 Å². The molecule has 1 fully saturated rings. The van der Waals surface area contributed by atoms with Crippen molar-refractivity contribution in [1.29, 1.82) is 0 Å². The van der Waals surface area contributed by atoms with Crippen LogP contribution in [-0.2, 0) is 16.0 Å². The molecule has 28 heavy (non-hydrogen) atoms. The number of nitrogens with zero attached hydrogens (tertiary/aromatic N) is 3. The van der Waals surface area contributed by atoms with E-state index in [0.717, 1.165) is 49.2 Å². The summed E-state index contributed by atoms with van der Waals surface area (Å²) in [7, 11) is 1.71. The summed E-state index contributed by atoms with van der Waals surface area (Å²) >= 11 is 6.41. The molecular weight excluding hydrogens is 378 g/mol. The second kappa shape index (κ2) is 8.70. The molecule has 1 saturated heterocycles. The van der Waals surface area contributed by atoms with E-state index in [-0.39, 0.29) is 12.0 Å². The Kier molecular flexibility index (Phi) is 6.50. The van der Waals surface area contributed by atoms with Crippen molar-refractivity contribution in [1.82, 2.24) is 14.5 Å². The summed E-state index contributed by atoms with van der Waals surface area (Å²) < 4.78 is 13.0. The van der Waals surface area contributed by atoms with Crippen molar-refractivity contribution >= 4 is 28.7 Å². The molecule has 0 unspecified atom stereocenters. The van der Waals surface area contributed by atoms with Gasteiger partial charge in [-0.05, 0) is 52.2 Å². The summed E-state index contributed by atoms with van der Waals surface area (Å²) in [6.45, 7) is 8.50. The number of hydrogen-bond donors (Lipinski definition) is 0. The molecular formula is C21H30ClN3O3. The van der Waals surface area contributed by atoms with Gasteiger partial charge in [-0.15, -0.1) is 0 Å². The summed E-state index contributed by atoms with van der Waals surface area (Å²) in [6, 6.07) is 5.88. The Morgan fingerprint density at radius 3 is 2.86 bits per heavy atom. The number of para-hydroxylation sites is 1. The lowest BCUT2D eigenvalue weighted by molar-refractivity contribution is 0.0195. The predicted octanol–water partition coefficient (Wildman–Crippen LogP) is 4.84. The number of hydrogen-bond acceptors (Lipinski definition) is 4. The third-order valence-electron chi connectivity index (χ3n) is 4.93. The molecule has 1 aliphatic heterocycles. The maximum Gasteiger partial charge on any atom is 0.410 e. The molecule has 6 nitrogen and oxygen atoms in total. The molecule has 0 aliphatic carbocycles. The lowest BCUT2D eigenvalue weighted by Crippen LogP contribution is -2.42. The largest absolute Gasteiger partial charge is 0.444 e. The molecule has 1 aromatic carbocycles. The molecule has 2 aromatic rings. The zero-order valence-electron chi connectivity index (χ0n) is 17.2. The van der Waals surface area contributed by atoms with Gasteiger partial charge < -0.3 is 18.9 Å².